The lowest BCUT2D eigenvalue weighted by Gasteiger charge is -2.37. The van der Waals surface area contributed by atoms with E-state index < -0.39 is 17.8 Å². The molecule has 0 aromatic heterocycles. The molecule has 140 valence electrons. The van der Waals surface area contributed by atoms with Gasteiger partial charge in [0.2, 0.25) is 5.91 Å². The van der Waals surface area contributed by atoms with Crippen molar-refractivity contribution in [1.82, 2.24) is 10.4 Å². The van der Waals surface area contributed by atoms with Gasteiger partial charge in [-0.05, 0) is 51.7 Å². The highest BCUT2D eigenvalue weighted by Crippen LogP contribution is 2.35. The Morgan fingerprint density at radius 3 is 2.56 bits per heavy atom. The van der Waals surface area contributed by atoms with Gasteiger partial charge in [0.1, 0.15) is 11.8 Å². The van der Waals surface area contributed by atoms with Crippen molar-refractivity contribution >= 4 is 5.91 Å². The highest BCUT2D eigenvalue weighted by atomic mass is 19.4. The van der Waals surface area contributed by atoms with Crippen LogP contribution in [-0.4, -0.2) is 35.3 Å². The number of carbonyl (C=O) groups is 1. The number of hydrogen-bond donors (Lipinski definition) is 1. The molecule has 7 heteroatoms. The standard InChI is InChI=1S/C18H25F3N2O2/c1-4-25-14-10-6-5-8-13(14)9-7-11-15(18(19,20)21)23-17(2,3)12-16(24)22-23/h5-6,8,10,15H,4,7,9,11-12H2,1-3H3,(H,22,24). The summed E-state index contributed by atoms with van der Waals surface area (Å²) < 4.78 is 46.2. The molecule has 1 saturated heterocycles. The number of rotatable bonds is 7. The molecule has 0 saturated carbocycles. The van der Waals surface area contributed by atoms with Gasteiger partial charge in [-0.3, -0.25) is 10.2 Å². The molecule has 1 unspecified atom stereocenters. The van der Waals surface area contributed by atoms with E-state index in [1.54, 1.807) is 13.8 Å². The molecule has 1 heterocycles. The van der Waals surface area contributed by atoms with Gasteiger partial charge in [0, 0.05) is 12.0 Å². The second-order valence-electron chi connectivity index (χ2n) is 6.88. The molecule has 1 N–H and O–H groups in total. The summed E-state index contributed by atoms with van der Waals surface area (Å²) in [5, 5.41) is 1.07. The maximum atomic E-state index is 13.6. The zero-order chi connectivity index (χ0) is 18.7. The van der Waals surface area contributed by atoms with Crippen molar-refractivity contribution in [3.05, 3.63) is 29.8 Å². The molecule has 0 aliphatic carbocycles. The molecule has 2 rings (SSSR count). The molecule has 1 aromatic rings. The number of para-hydroxylation sites is 1. The first-order valence-electron chi connectivity index (χ1n) is 8.51. The van der Waals surface area contributed by atoms with E-state index in [1.165, 1.54) is 0 Å². The fraction of sp³-hybridized carbons (Fsp3) is 0.611. The third-order valence-electron chi connectivity index (χ3n) is 4.38. The van der Waals surface area contributed by atoms with Crippen molar-refractivity contribution in [3.8, 4) is 5.75 Å². The Kier molecular flexibility index (Phi) is 5.98. The Bertz CT molecular complexity index is 602. The Morgan fingerprint density at radius 2 is 2.00 bits per heavy atom. The number of hydrazine groups is 1. The first-order chi connectivity index (χ1) is 11.6. The molecular formula is C18H25F3N2O2. The summed E-state index contributed by atoms with van der Waals surface area (Å²) in [7, 11) is 0. The van der Waals surface area contributed by atoms with Crippen molar-refractivity contribution in [3.63, 3.8) is 0 Å². The van der Waals surface area contributed by atoms with Crippen molar-refractivity contribution in [2.24, 2.45) is 0 Å². The third-order valence-corrected chi connectivity index (χ3v) is 4.38. The first-order valence-corrected chi connectivity index (χ1v) is 8.51. The SMILES string of the molecule is CCOc1ccccc1CCCC(N1NC(=O)CC1(C)C)C(F)(F)F. The lowest BCUT2D eigenvalue weighted by Crippen LogP contribution is -2.56. The second kappa shape index (κ2) is 7.64. The predicted molar refractivity (Wildman–Crippen MR) is 89.1 cm³/mol. The van der Waals surface area contributed by atoms with Crippen LogP contribution in [0.4, 0.5) is 13.2 Å². The highest BCUT2D eigenvalue weighted by molar-refractivity contribution is 5.78. The number of benzene rings is 1. The van der Waals surface area contributed by atoms with Crippen molar-refractivity contribution in [1.29, 1.82) is 0 Å². The number of halogens is 3. The zero-order valence-electron chi connectivity index (χ0n) is 14.8. The smallest absolute Gasteiger partial charge is 0.405 e. The van der Waals surface area contributed by atoms with Crippen LogP contribution in [0.2, 0.25) is 0 Å². The molecule has 4 nitrogen and oxygen atoms in total. The van der Waals surface area contributed by atoms with Gasteiger partial charge >= 0.3 is 6.18 Å². The van der Waals surface area contributed by atoms with Gasteiger partial charge in [0.25, 0.3) is 0 Å². The molecule has 0 bridgehead atoms. The quantitative estimate of drug-likeness (QED) is 0.805. The Hall–Kier alpha value is -1.76. The van der Waals surface area contributed by atoms with E-state index in [2.05, 4.69) is 5.43 Å². The summed E-state index contributed by atoms with van der Waals surface area (Å²) in [6.45, 7) is 5.67. The molecule has 1 aliphatic heterocycles. The normalized spacial score (nSPS) is 18.9. The average molecular weight is 358 g/mol. The maximum absolute atomic E-state index is 13.6. The lowest BCUT2D eigenvalue weighted by atomic mass is 9.97. The lowest BCUT2D eigenvalue weighted by molar-refractivity contribution is -0.202. The molecule has 25 heavy (non-hydrogen) atoms. The number of nitrogens with one attached hydrogen (secondary N) is 1. The summed E-state index contributed by atoms with van der Waals surface area (Å²) in [6.07, 6.45) is -3.60. The van der Waals surface area contributed by atoms with Crippen LogP contribution in [0.1, 0.15) is 45.6 Å². The van der Waals surface area contributed by atoms with Crippen molar-refractivity contribution in [2.45, 2.75) is 64.2 Å². The minimum atomic E-state index is -4.41. The van der Waals surface area contributed by atoms with Gasteiger partial charge in [-0.25, -0.2) is 5.01 Å². The van der Waals surface area contributed by atoms with Crippen LogP contribution in [0.5, 0.6) is 5.75 Å². The monoisotopic (exact) mass is 358 g/mol. The van der Waals surface area contributed by atoms with Gasteiger partial charge in [-0.2, -0.15) is 13.2 Å². The maximum Gasteiger partial charge on any atom is 0.405 e. The number of nitrogens with zero attached hydrogens (tertiary/aromatic N) is 1. The van der Waals surface area contributed by atoms with E-state index in [0.29, 0.717) is 25.2 Å². The Morgan fingerprint density at radius 1 is 1.32 bits per heavy atom. The molecule has 1 atom stereocenters. The van der Waals surface area contributed by atoms with Crippen LogP contribution in [0.25, 0.3) is 0 Å². The van der Waals surface area contributed by atoms with Crippen LogP contribution in [0, 0.1) is 0 Å². The van der Waals surface area contributed by atoms with Gasteiger partial charge < -0.3 is 4.74 Å². The Labute approximate surface area is 146 Å². The second-order valence-corrected chi connectivity index (χ2v) is 6.88. The zero-order valence-corrected chi connectivity index (χ0v) is 14.8. The van der Waals surface area contributed by atoms with Gasteiger partial charge in [-0.1, -0.05) is 18.2 Å². The first kappa shape index (κ1) is 19.6. The molecular weight excluding hydrogens is 333 g/mol. The van der Waals surface area contributed by atoms with E-state index in [0.717, 1.165) is 10.6 Å². The highest BCUT2D eigenvalue weighted by Gasteiger charge is 2.51. The molecule has 1 amide bonds. The van der Waals surface area contributed by atoms with Gasteiger partial charge in [0.15, 0.2) is 0 Å². The van der Waals surface area contributed by atoms with Crippen molar-refractivity contribution < 1.29 is 22.7 Å². The number of ether oxygens (including phenoxy) is 1. The van der Waals surface area contributed by atoms with Crippen LogP contribution in [0.15, 0.2) is 24.3 Å². The van der Waals surface area contributed by atoms with E-state index in [-0.39, 0.29) is 18.7 Å². The minimum absolute atomic E-state index is 0.0623. The minimum Gasteiger partial charge on any atom is -0.494 e. The largest absolute Gasteiger partial charge is 0.494 e. The number of carbonyl (C=O) groups excluding carboxylic acids is 1. The van der Waals surface area contributed by atoms with Crippen molar-refractivity contribution in [2.75, 3.05) is 6.61 Å². The number of hydrogen-bond acceptors (Lipinski definition) is 3. The van der Waals surface area contributed by atoms with Crippen LogP contribution >= 0.6 is 0 Å². The molecule has 1 fully saturated rings. The predicted octanol–water partition coefficient (Wildman–Crippen LogP) is 3.85. The molecule has 1 aliphatic rings. The van der Waals surface area contributed by atoms with E-state index in [1.807, 2.05) is 31.2 Å². The summed E-state index contributed by atoms with van der Waals surface area (Å²) in [6, 6.07) is 5.69. The van der Waals surface area contributed by atoms with Crippen LogP contribution in [-0.2, 0) is 11.2 Å². The fourth-order valence-electron chi connectivity index (χ4n) is 3.23. The van der Waals surface area contributed by atoms with E-state index in [4.69, 9.17) is 4.74 Å². The molecule has 0 spiro atoms. The van der Waals surface area contributed by atoms with Gasteiger partial charge in [0.05, 0.1) is 6.61 Å². The fourth-order valence-corrected chi connectivity index (χ4v) is 3.23. The summed E-state index contributed by atoms with van der Waals surface area (Å²) >= 11 is 0. The third kappa shape index (κ3) is 4.87. The summed E-state index contributed by atoms with van der Waals surface area (Å²) in [4.78, 5) is 11.6. The average Bonchev–Trinajstić information content (AvgIpc) is 2.76. The summed E-state index contributed by atoms with van der Waals surface area (Å²) in [5.41, 5.74) is 2.42. The molecule has 0 radical (unpaired) electrons. The summed E-state index contributed by atoms with van der Waals surface area (Å²) in [5.74, 6) is 0.337. The number of alkyl halides is 3. The van der Waals surface area contributed by atoms with E-state index in [9.17, 15) is 18.0 Å². The van der Waals surface area contributed by atoms with Crippen LogP contribution in [0.3, 0.4) is 0 Å². The Balaban J connectivity index is 2.06. The van der Waals surface area contributed by atoms with Crippen LogP contribution < -0.4 is 10.2 Å². The number of amides is 1. The van der Waals surface area contributed by atoms with Gasteiger partial charge in [-0.15, -0.1) is 0 Å². The van der Waals surface area contributed by atoms with E-state index >= 15 is 0 Å². The number of aryl methyl sites for hydroxylation is 1. The topological polar surface area (TPSA) is 41.6 Å². The molecule has 1 aromatic carbocycles.